The molecule has 1 heterocycles. The number of nitrogens with one attached hydrogen (secondary N) is 1. The first-order chi connectivity index (χ1) is 8.84. The SMILES string of the molecule is Cc1ccc(-n2[nH]c(C(C)(C)C)c(CN)c2=O)cc1. The fourth-order valence-corrected chi connectivity index (χ4v) is 2.16. The second-order valence-corrected chi connectivity index (χ2v) is 5.90. The third-order valence-electron chi connectivity index (χ3n) is 3.23. The van der Waals surface area contributed by atoms with Crippen molar-refractivity contribution < 1.29 is 0 Å². The molecule has 0 aliphatic rings. The van der Waals surface area contributed by atoms with Gasteiger partial charge in [-0.1, -0.05) is 38.5 Å². The van der Waals surface area contributed by atoms with Gasteiger partial charge in [0.2, 0.25) is 0 Å². The normalized spacial score (nSPS) is 11.8. The first kappa shape index (κ1) is 13.6. The summed E-state index contributed by atoms with van der Waals surface area (Å²) in [5, 5.41) is 3.20. The van der Waals surface area contributed by atoms with E-state index in [4.69, 9.17) is 5.73 Å². The number of H-pyrrole nitrogens is 1. The number of aromatic amines is 1. The van der Waals surface area contributed by atoms with Crippen LogP contribution in [0, 0.1) is 6.92 Å². The predicted molar refractivity (Wildman–Crippen MR) is 77.7 cm³/mol. The van der Waals surface area contributed by atoms with Gasteiger partial charge in [0, 0.05) is 17.7 Å². The number of benzene rings is 1. The van der Waals surface area contributed by atoms with Crippen molar-refractivity contribution in [2.24, 2.45) is 5.73 Å². The van der Waals surface area contributed by atoms with Gasteiger partial charge in [-0.3, -0.25) is 9.89 Å². The van der Waals surface area contributed by atoms with Crippen molar-refractivity contribution in [2.75, 3.05) is 0 Å². The molecule has 0 spiro atoms. The Hall–Kier alpha value is -1.81. The number of aryl methyl sites for hydroxylation is 1. The highest BCUT2D eigenvalue weighted by atomic mass is 16.1. The van der Waals surface area contributed by atoms with Crippen molar-refractivity contribution in [1.82, 2.24) is 9.78 Å². The molecule has 0 aliphatic carbocycles. The lowest BCUT2D eigenvalue weighted by atomic mass is 9.89. The Morgan fingerprint density at radius 2 is 1.79 bits per heavy atom. The van der Waals surface area contributed by atoms with Crippen LogP contribution in [0.1, 0.15) is 37.6 Å². The molecule has 0 unspecified atom stereocenters. The number of nitrogens with two attached hydrogens (primary N) is 1. The lowest BCUT2D eigenvalue weighted by molar-refractivity contribution is 0.554. The maximum Gasteiger partial charge on any atom is 0.275 e. The van der Waals surface area contributed by atoms with Crippen LogP contribution < -0.4 is 11.3 Å². The molecule has 0 aliphatic heterocycles. The van der Waals surface area contributed by atoms with Crippen LogP contribution in [0.3, 0.4) is 0 Å². The van der Waals surface area contributed by atoms with Crippen molar-refractivity contribution in [3.63, 3.8) is 0 Å². The Morgan fingerprint density at radius 1 is 1.21 bits per heavy atom. The fraction of sp³-hybridized carbons (Fsp3) is 0.400. The number of hydrogen-bond acceptors (Lipinski definition) is 2. The summed E-state index contributed by atoms with van der Waals surface area (Å²) < 4.78 is 1.57. The topological polar surface area (TPSA) is 63.8 Å². The smallest absolute Gasteiger partial charge is 0.275 e. The summed E-state index contributed by atoms with van der Waals surface area (Å²) in [5.74, 6) is 0. The van der Waals surface area contributed by atoms with Gasteiger partial charge < -0.3 is 5.73 Å². The van der Waals surface area contributed by atoms with Gasteiger partial charge in [0.25, 0.3) is 5.56 Å². The summed E-state index contributed by atoms with van der Waals surface area (Å²) >= 11 is 0. The summed E-state index contributed by atoms with van der Waals surface area (Å²) in [5.41, 5.74) is 9.10. The van der Waals surface area contributed by atoms with E-state index in [-0.39, 0.29) is 17.5 Å². The zero-order chi connectivity index (χ0) is 14.2. The minimum absolute atomic E-state index is 0.0590. The highest BCUT2D eigenvalue weighted by Gasteiger charge is 2.23. The highest BCUT2D eigenvalue weighted by molar-refractivity contribution is 5.36. The zero-order valence-corrected chi connectivity index (χ0v) is 11.9. The summed E-state index contributed by atoms with van der Waals surface area (Å²) in [4.78, 5) is 12.4. The van der Waals surface area contributed by atoms with E-state index in [1.165, 1.54) is 5.56 Å². The summed E-state index contributed by atoms with van der Waals surface area (Å²) in [7, 11) is 0. The molecule has 1 aromatic carbocycles. The molecule has 0 saturated heterocycles. The van der Waals surface area contributed by atoms with Gasteiger partial charge in [0.05, 0.1) is 11.3 Å². The van der Waals surface area contributed by atoms with E-state index in [0.717, 1.165) is 11.4 Å². The van der Waals surface area contributed by atoms with E-state index in [0.29, 0.717) is 5.56 Å². The lowest BCUT2D eigenvalue weighted by Gasteiger charge is -2.17. The second kappa shape index (κ2) is 4.70. The number of hydrogen-bond donors (Lipinski definition) is 2. The van der Waals surface area contributed by atoms with E-state index in [2.05, 4.69) is 25.9 Å². The Kier molecular flexibility index (Phi) is 3.37. The Morgan fingerprint density at radius 3 is 2.21 bits per heavy atom. The van der Waals surface area contributed by atoms with Gasteiger partial charge in [0.1, 0.15) is 0 Å². The number of nitrogens with zero attached hydrogens (tertiary/aromatic N) is 1. The van der Waals surface area contributed by atoms with Gasteiger partial charge in [0.15, 0.2) is 0 Å². The standard InChI is InChI=1S/C15H21N3O/c1-10-5-7-11(8-6-10)18-14(19)12(9-16)13(17-18)15(2,3)4/h5-8,17H,9,16H2,1-4H3. The van der Waals surface area contributed by atoms with Crippen molar-refractivity contribution in [2.45, 2.75) is 39.7 Å². The maximum absolute atomic E-state index is 12.4. The summed E-state index contributed by atoms with van der Waals surface area (Å²) in [6.07, 6.45) is 0. The Bertz CT molecular complexity index is 627. The molecular formula is C15H21N3O. The molecule has 0 bridgehead atoms. The van der Waals surface area contributed by atoms with Crippen LogP contribution >= 0.6 is 0 Å². The molecule has 2 rings (SSSR count). The maximum atomic E-state index is 12.4. The fourth-order valence-electron chi connectivity index (χ4n) is 2.16. The van der Waals surface area contributed by atoms with E-state index >= 15 is 0 Å². The van der Waals surface area contributed by atoms with E-state index in [9.17, 15) is 4.79 Å². The van der Waals surface area contributed by atoms with Crippen LogP contribution in [0.15, 0.2) is 29.1 Å². The Balaban J connectivity index is 2.63. The quantitative estimate of drug-likeness (QED) is 0.868. The molecule has 0 amide bonds. The third-order valence-corrected chi connectivity index (χ3v) is 3.23. The Labute approximate surface area is 113 Å². The van der Waals surface area contributed by atoms with Crippen molar-refractivity contribution >= 4 is 0 Å². The first-order valence-corrected chi connectivity index (χ1v) is 6.46. The zero-order valence-electron chi connectivity index (χ0n) is 11.9. The van der Waals surface area contributed by atoms with Crippen LogP contribution in [0.4, 0.5) is 0 Å². The van der Waals surface area contributed by atoms with Gasteiger partial charge in [-0.25, -0.2) is 4.68 Å². The van der Waals surface area contributed by atoms with Gasteiger partial charge >= 0.3 is 0 Å². The van der Waals surface area contributed by atoms with Crippen molar-refractivity contribution in [3.8, 4) is 5.69 Å². The molecule has 0 atom stereocenters. The molecule has 19 heavy (non-hydrogen) atoms. The predicted octanol–water partition coefficient (Wildman–Crippen LogP) is 2.23. The van der Waals surface area contributed by atoms with E-state index in [1.807, 2.05) is 31.2 Å². The van der Waals surface area contributed by atoms with Crippen LogP contribution in [-0.4, -0.2) is 9.78 Å². The molecule has 102 valence electrons. The third kappa shape index (κ3) is 2.49. The largest absolute Gasteiger partial charge is 0.326 e. The molecular weight excluding hydrogens is 238 g/mol. The lowest BCUT2D eigenvalue weighted by Crippen LogP contribution is -2.20. The monoisotopic (exact) mass is 259 g/mol. The minimum atomic E-state index is -0.135. The van der Waals surface area contributed by atoms with Crippen LogP contribution in [0.25, 0.3) is 5.69 Å². The van der Waals surface area contributed by atoms with Crippen LogP contribution in [0.2, 0.25) is 0 Å². The van der Waals surface area contributed by atoms with E-state index in [1.54, 1.807) is 4.68 Å². The van der Waals surface area contributed by atoms with Crippen molar-refractivity contribution in [3.05, 3.63) is 51.4 Å². The van der Waals surface area contributed by atoms with Gasteiger partial charge in [-0.15, -0.1) is 0 Å². The van der Waals surface area contributed by atoms with Crippen LogP contribution in [0.5, 0.6) is 0 Å². The molecule has 0 radical (unpaired) electrons. The minimum Gasteiger partial charge on any atom is -0.326 e. The first-order valence-electron chi connectivity index (χ1n) is 6.46. The molecule has 0 saturated carbocycles. The number of aromatic nitrogens is 2. The highest BCUT2D eigenvalue weighted by Crippen LogP contribution is 2.22. The molecule has 4 heteroatoms. The average molecular weight is 259 g/mol. The molecule has 4 nitrogen and oxygen atoms in total. The molecule has 2 aromatic rings. The van der Waals surface area contributed by atoms with Gasteiger partial charge in [-0.05, 0) is 19.1 Å². The summed E-state index contributed by atoms with van der Waals surface area (Å²) in [6.45, 7) is 8.47. The van der Waals surface area contributed by atoms with Crippen LogP contribution in [-0.2, 0) is 12.0 Å². The van der Waals surface area contributed by atoms with Crippen molar-refractivity contribution in [1.29, 1.82) is 0 Å². The average Bonchev–Trinajstić information content (AvgIpc) is 2.67. The summed E-state index contributed by atoms with van der Waals surface area (Å²) in [6, 6.07) is 7.84. The second-order valence-electron chi connectivity index (χ2n) is 5.90. The molecule has 3 N–H and O–H groups in total. The molecule has 0 fully saturated rings. The molecule has 1 aromatic heterocycles. The van der Waals surface area contributed by atoms with Gasteiger partial charge in [-0.2, -0.15) is 0 Å². The number of rotatable bonds is 2. The van der Waals surface area contributed by atoms with E-state index < -0.39 is 0 Å².